The van der Waals surface area contributed by atoms with Gasteiger partial charge in [-0.25, -0.2) is 0 Å². The molecular weight excluding hydrogens is 226 g/mol. The number of carbonyl (C=O) groups is 1. The Morgan fingerprint density at radius 2 is 1.83 bits per heavy atom. The summed E-state index contributed by atoms with van der Waals surface area (Å²) in [7, 11) is 0. The van der Waals surface area contributed by atoms with Crippen molar-refractivity contribution < 1.29 is 4.79 Å². The number of anilines is 1. The number of amides is 1. The molecular formula is C14H21N3O. The van der Waals surface area contributed by atoms with E-state index >= 15 is 0 Å². The third-order valence-electron chi connectivity index (χ3n) is 3.34. The number of likely N-dealkylation sites (tertiary alicyclic amines) is 1. The smallest absolute Gasteiger partial charge is 0.251 e. The molecule has 4 nitrogen and oxygen atoms in total. The lowest BCUT2D eigenvalue weighted by Crippen LogP contribution is -2.64. The van der Waals surface area contributed by atoms with Crippen molar-refractivity contribution in [2.75, 3.05) is 18.8 Å². The first-order chi connectivity index (χ1) is 8.36. The fraction of sp³-hybridized carbons (Fsp3) is 0.500. The maximum absolute atomic E-state index is 11.9. The Balaban J connectivity index is 1.85. The maximum atomic E-state index is 11.9. The molecule has 4 heteroatoms. The van der Waals surface area contributed by atoms with Crippen molar-refractivity contribution in [3.63, 3.8) is 0 Å². The number of nitrogens with two attached hydrogens (primary N) is 1. The van der Waals surface area contributed by atoms with Gasteiger partial charge in [0.25, 0.3) is 5.91 Å². The van der Waals surface area contributed by atoms with Crippen LogP contribution in [0.2, 0.25) is 0 Å². The summed E-state index contributed by atoms with van der Waals surface area (Å²) in [5, 5.41) is 3.03. The van der Waals surface area contributed by atoms with Crippen molar-refractivity contribution in [1.29, 1.82) is 0 Å². The molecule has 0 unspecified atom stereocenters. The summed E-state index contributed by atoms with van der Waals surface area (Å²) in [6.07, 6.45) is 0. The van der Waals surface area contributed by atoms with Gasteiger partial charge in [0.05, 0.1) is 6.04 Å². The summed E-state index contributed by atoms with van der Waals surface area (Å²) in [5.74, 6) is -0.0199. The van der Waals surface area contributed by atoms with Crippen LogP contribution in [-0.2, 0) is 0 Å². The Kier molecular flexibility index (Phi) is 3.30. The van der Waals surface area contributed by atoms with E-state index in [2.05, 4.69) is 31.0 Å². The van der Waals surface area contributed by atoms with Gasteiger partial charge in [0.2, 0.25) is 0 Å². The fourth-order valence-electron chi connectivity index (χ4n) is 2.02. The highest BCUT2D eigenvalue weighted by atomic mass is 16.1. The standard InChI is InChI=1S/C14H21N3O/c1-14(2,3)17-8-12(9-17)16-13(18)10-4-6-11(15)7-5-10/h4-7,12H,8-9,15H2,1-3H3,(H,16,18). The molecule has 1 aliphatic heterocycles. The van der Waals surface area contributed by atoms with Gasteiger partial charge in [-0.3, -0.25) is 9.69 Å². The van der Waals surface area contributed by atoms with Gasteiger partial charge in [0.1, 0.15) is 0 Å². The lowest BCUT2D eigenvalue weighted by Gasteiger charge is -2.47. The number of nitrogen functional groups attached to an aromatic ring is 1. The second-order valence-corrected chi connectivity index (χ2v) is 5.87. The highest BCUT2D eigenvalue weighted by molar-refractivity contribution is 5.94. The van der Waals surface area contributed by atoms with Crippen LogP contribution in [0.15, 0.2) is 24.3 Å². The Labute approximate surface area is 108 Å². The molecule has 0 aliphatic carbocycles. The van der Waals surface area contributed by atoms with Gasteiger partial charge in [-0.15, -0.1) is 0 Å². The average Bonchev–Trinajstić information content (AvgIpc) is 2.21. The SMILES string of the molecule is CC(C)(C)N1CC(NC(=O)c2ccc(N)cc2)C1. The van der Waals surface area contributed by atoms with Crippen LogP contribution in [0.1, 0.15) is 31.1 Å². The second-order valence-electron chi connectivity index (χ2n) is 5.87. The number of nitrogens with zero attached hydrogens (tertiary/aromatic N) is 1. The van der Waals surface area contributed by atoms with E-state index in [1.807, 2.05) is 0 Å². The number of nitrogens with one attached hydrogen (secondary N) is 1. The zero-order valence-electron chi connectivity index (χ0n) is 11.2. The molecule has 18 heavy (non-hydrogen) atoms. The minimum atomic E-state index is -0.0199. The van der Waals surface area contributed by atoms with Crippen molar-refractivity contribution in [1.82, 2.24) is 10.2 Å². The summed E-state index contributed by atoms with van der Waals surface area (Å²) < 4.78 is 0. The minimum absolute atomic E-state index is 0.0199. The molecule has 3 N–H and O–H groups in total. The van der Waals surface area contributed by atoms with Crippen LogP contribution < -0.4 is 11.1 Å². The van der Waals surface area contributed by atoms with E-state index in [1.165, 1.54) is 0 Å². The van der Waals surface area contributed by atoms with Crippen LogP contribution in [0.3, 0.4) is 0 Å². The quantitative estimate of drug-likeness (QED) is 0.778. The van der Waals surface area contributed by atoms with Gasteiger partial charge in [0.15, 0.2) is 0 Å². The van der Waals surface area contributed by atoms with Gasteiger partial charge in [-0.1, -0.05) is 0 Å². The monoisotopic (exact) mass is 247 g/mol. The van der Waals surface area contributed by atoms with Gasteiger partial charge in [-0.05, 0) is 45.0 Å². The molecule has 0 radical (unpaired) electrons. The molecule has 1 fully saturated rings. The van der Waals surface area contributed by atoms with E-state index in [4.69, 9.17) is 5.73 Å². The van der Waals surface area contributed by atoms with Crippen LogP contribution in [0, 0.1) is 0 Å². The predicted molar refractivity (Wildman–Crippen MR) is 73.4 cm³/mol. The van der Waals surface area contributed by atoms with E-state index in [1.54, 1.807) is 24.3 Å². The van der Waals surface area contributed by atoms with E-state index in [-0.39, 0.29) is 17.5 Å². The molecule has 0 spiro atoms. The molecule has 1 aliphatic rings. The highest BCUT2D eigenvalue weighted by Crippen LogP contribution is 2.21. The molecule has 98 valence electrons. The molecule has 1 aromatic carbocycles. The van der Waals surface area contributed by atoms with E-state index in [0.717, 1.165) is 13.1 Å². The van der Waals surface area contributed by atoms with Crippen molar-refractivity contribution in [2.45, 2.75) is 32.4 Å². The van der Waals surface area contributed by atoms with Crippen LogP contribution in [-0.4, -0.2) is 35.5 Å². The lowest BCUT2D eigenvalue weighted by molar-refractivity contribution is 0.0331. The number of rotatable bonds is 2. The Morgan fingerprint density at radius 3 is 2.33 bits per heavy atom. The topological polar surface area (TPSA) is 58.4 Å². The Morgan fingerprint density at radius 1 is 1.28 bits per heavy atom. The van der Waals surface area contributed by atoms with Gasteiger partial charge in [-0.2, -0.15) is 0 Å². The van der Waals surface area contributed by atoms with Gasteiger partial charge >= 0.3 is 0 Å². The largest absolute Gasteiger partial charge is 0.399 e. The molecule has 0 atom stereocenters. The van der Waals surface area contributed by atoms with E-state index in [9.17, 15) is 4.79 Å². The average molecular weight is 247 g/mol. The van der Waals surface area contributed by atoms with Gasteiger partial charge < -0.3 is 11.1 Å². The fourth-order valence-corrected chi connectivity index (χ4v) is 2.02. The molecule has 1 saturated heterocycles. The van der Waals surface area contributed by atoms with E-state index < -0.39 is 0 Å². The summed E-state index contributed by atoms with van der Waals surface area (Å²) in [6, 6.07) is 7.26. The Hall–Kier alpha value is -1.55. The van der Waals surface area contributed by atoms with Crippen molar-refractivity contribution in [2.24, 2.45) is 0 Å². The van der Waals surface area contributed by atoms with Crippen LogP contribution in [0.25, 0.3) is 0 Å². The summed E-state index contributed by atoms with van der Waals surface area (Å²) in [4.78, 5) is 14.3. The number of hydrogen-bond donors (Lipinski definition) is 2. The van der Waals surface area contributed by atoms with Crippen molar-refractivity contribution in [3.05, 3.63) is 29.8 Å². The molecule has 1 heterocycles. The molecule has 0 bridgehead atoms. The molecule has 2 rings (SSSR count). The first-order valence-corrected chi connectivity index (χ1v) is 6.28. The molecule has 1 aromatic rings. The minimum Gasteiger partial charge on any atom is -0.399 e. The number of benzene rings is 1. The lowest BCUT2D eigenvalue weighted by atomic mass is 9.97. The molecule has 1 amide bonds. The Bertz CT molecular complexity index is 427. The second kappa shape index (κ2) is 4.61. The molecule has 0 aromatic heterocycles. The first-order valence-electron chi connectivity index (χ1n) is 6.28. The van der Waals surface area contributed by atoms with Crippen LogP contribution in [0.4, 0.5) is 5.69 Å². The molecule has 0 saturated carbocycles. The van der Waals surface area contributed by atoms with Gasteiger partial charge in [0, 0.05) is 29.9 Å². The normalized spacial score (nSPS) is 17.3. The number of carbonyl (C=O) groups excluding carboxylic acids is 1. The summed E-state index contributed by atoms with van der Waals surface area (Å²) in [5.41, 5.74) is 7.12. The van der Waals surface area contributed by atoms with Crippen molar-refractivity contribution >= 4 is 11.6 Å². The van der Waals surface area contributed by atoms with Crippen LogP contribution >= 0.6 is 0 Å². The zero-order chi connectivity index (χ0) is 13.3. The van der Waals surface area contributed by atoms with Crippen molar-refractivity contribution in [3.8, 4) is 0 Å². The number of hydrogen-bond acceptors (Lipinski definition) is 3. The summed E-state index contributed by atoms with van der Waals surface area (Å²) >= 11 is 0. The third kappa shape index (κ3) is 2.82. The highest BCUT2D eigenvalue weighted by Gasteiger charge is 2.35. The maximum Gasteiger partial charge on any atom is 0.251 e. The predicted octanol–water partition coefficient (Wildman–Crippen LogP) is 1.48. The first kappa shape index (κ1) is 12.9. The van der Waals surface area contributed by atoms with E-state index in [0.29, 0.717) is 11.3 Å². The summed E-state index contributed by atoms with van der Waals surface area (Å²) in [6.45, 7) is 8.40. The zero-order valence-corrected chi connectivity index (χ0v) is 11.2. The van der Waals surface area contributed by atoms with Crippen LogP contribution in [0.5, 0.6) is 0 Å². The third-order valence-corrected chi connectivity index (χ3v) is 3.34.